The zero-order valence-electron chi connectivity index (χ0n) is 6.94. The van der Waals surface area contributed by atoms with E-state index < -0.39 is 4.92 Å². The molecule has 0 saturated heterocycles. The number of hydrogen-bond donors (Lipinski definition) is 1. The Hall–Kier alpha value is -2.09. The zero-order valence-corrected chi connectivity index (χ0v) is 6.94. The number of benzene rings is 1. The van der Waals surface area contributed by atoms with Gasteiger partial charge in [-0.2, -0.15) is 5.26 Å². The molecule has 1 aromatic carbocycles. The molecule has 13 heavy (non-hydrogen) atoms. The van der Waals surface area contributed by atoms with Gasteiger partial charge in [-0.3, -0.25) is 10.1 Å². The summed E-state index contributed by atoms with van der Waals surface area (Å²) in [5.41, 5.74) is 6.17. The molecule has 0 aliphatic heterocycles. The van der Waals surface area contributed by atoms with Gasteiger partial charge in [-0.25, -0.2) is 0 Å². The molecule has 0 unspecified atom stereocenters. The second kappa shape index (κ2) is 3.11. The predicted octanol–water partition coefficient (Wildman–Crippen LogP) is 1.36. The highest BCUT2D eigenvalue weighted by molar-refractivity contribution is 5.63. The average molecular weight is 177 g/mol. The van der Waals surface area contributed by atoms with Crippen molar-refractivity contribution in [2.45, 2.75) is 6.92 Å². The lowest BCUT2D eigenvalue weighted by Crippen LogP contribution is -1.98. The van der Waals surface area contributed by atoms with Gasteiger partial charge in [0.05, 0.1) is 4.92 Å². The molecule has 0 spiro atoms. The van der Waals surface area contributed by atoms with Crippen molar-refractivity contribution in [1.29, 1.82) is 5.26 Å². The van der Waals surface area contributed by atoms with Crippen molar-refractivity contribution in [3.63, 3.8) is 0 Å². The highest BCUT2D eigenvalue weighted by Crippen LogP contribution is 2.25. The Balaban J connectivity index is 3.50. The molecule has 1 aromatic rings. The largest absolute Gasteiger partial charge is 0.398 e. The molecule has 0 amide bonds. The third-order valence-electron chi connectivity index (χ3n) is 1.79. The quantitative estimate of drug-likeness (QED) is 0.398. The first-order valence-corrected chi connectivity index (χ1v) is 3.51. The summed E-state index contributed by atoms with van der Waals surface area (Å²) in [6, 6.07) is 4.43. The molecule has 0 heterocycles. The van der Waals surface area contributed by atoms with Gasteiger partial charge in [-0.05, 0) is 18.6 Å². The lowest BCUT2D eigenvalue weighted by Gasteiger charge is -2.01. The van der Waals surface area contributed by atoms with E-state index in [9.17, 15) is 10.1 Å². The first-order chi connectivity index (χ1) is 6.07. The molecule has 0 aliphatic rings. The zero-order chi connectivity index (χ0) is 10.0. The van der Waals surface area contributed by atoms with Crippen LogP contribution in [0, 0.1) is 28.4 Å². The second-order valence-electron chi connectivity index (χ2n) is 2.54. The molecule has 0 saturated carbocycles. The van der Waals surface area contributed by atoms with E-state index >= 15 is 0 Å². The molecule has 66 valence electrons. The third kappa shape index (κ3) is 1.42. The minimum atomic E-state index is -0.592. The maximum absolute atomic E-state index is 10.5. The molecule has 5 nitrogen and oxygen atoms in total. The van der Waals surface area contributed by atoms with Gasteiger partial charge in [0.1, 0.15) is 11.6 Å². The Morgan fingerprint density at radius 2 is 2.23 bits per heavy atom. The molecule has 1 rings (SSSR count). The van der Waals surface area contributed by atoms with E-state index in [0.29, 0.717) is 11.3 Å². The smallest absolute Gasteiger partial charge is 0.287 e. The van der Waals surface area contributed by atoms with E-state index in [0.717, 1.165) is 0 Å². The standard InChI is InChI=1S/C8H7N3O2/c1-5-6(4-9)8(11(12)13)3-2-7(5)10/h2-3H,10H2,1H3. The fourth-order valence-corrected chi connectivity index (χ4v) is 1.01. The van der Waals surface area contributed by atoms with Gasteiger partial charge >= 0.3 is 0 Å². The van der Waals surface area contributed by atoms with Crippen LogP contribution < -0.4 is 5.73 Å². The maximum atomic E-state index is 10.5. The third-order valence-corrected chi connectivity index (χ3v) is 1.79. The normalized spacial score (nSPS) is 9.23. The minimum Gasteiger partial charge on any atom is -0.398 e. The van der Waals surface area contributed by atoms with Crippen LogP contribution in [0.5, 0.6) is 0 Å². The Morgan fingerprint density at radius 3 is 2.69 bits per heavy atom. The summed E-state index contributed by atoms with van der Waals surface area (Å²) in [4.78, 5) is 9.87. The number of anilines is 1. The molecule has 0 aliphatic carbocycles. The van der Waals surface area contributed by atoms with Crippen LogP contribution in [0.15, 0.2) is 12.1 Å². The summed E-state index contributed by atoms with van der Waals surface area (Å²) in [7, 11) is 0. The molecular weight excluding hydrogens is 170 g/mol. The first-order valence-electron chi connectivity index (χ1n) is 3.51. The Bertz CT molecular complexity index is 407. The highest BCUT2D eigenvalue weighted by Gasteiger charge is 2.16. The molecule has 0 fully saturated rings. The maximum Gasteiger partial charge on any atom is 0.287 e. The van der Waals surface area contributed by atoms with Gasteiger partial charge in [0, 0.05) is 11.8 Å². The van der Waals surface area contributed by atoms with Crippen LogP contribution in [0.25, 0.3) is 0 Å². The number of rotatable bonds is 1. The van der Waals surface area contributed by atoms with Crippen molar-refractivity contribution < 1.29 is 4.92 Å². The fourth-order valence-electron chi connectivity index (χ4n) is 1.01. The van der Waals surface area contributed by atoms with Crippen molar-refractivity contribution in [2.24, 2.45) is 0 Å². The van der Waals surface area contributed by atoms with Gasteiger partial charge in [-0.15, -0.1) is 0 Å². The van der Waals surface area contributed by atoms with Crippen molar-refractivity contribution in [2.75, 3.05) is 5.73 Å². The second-order valence-corrected chi connectivity index (χ2v) is 2.54. The van der Waals surface area contributed by atoms with Gasteiger partial charge in [-0.1, -0.05) is 0 Å². The summed E-state index contributed by atoms with van der Waals surface area (Å²) in [6.07, 6.45) is 0. The van der Waals surface area contributed by atoms with Crippen molar-refractivity contribution >= 4 is 11.4 Å². The van der Waals surface area contributed by atoms with E-state index in [-0.39, 0.29) is 11.3 Å². The van der Waals surface area contributed by atoms with Crippen LogP contribution >= 0.6 is 0 Å². The summed E-state index contributed by atoms with van der Waals surface area (Å²) in [5.74, 6) is 0. The van der Waals surface area contributed by atoms with Crippen LogP contribution in [0.1, 0.15) is 11.1 Å². The van der Waals surface area contributed by atoms with Crippen LogP contribution in [0.4, 0.5) is 11.4 Å². The van der Waals surface area contributed by atoms with Gasteiger partial charge < -0.3 is 5.73 Å². The van der Waals surface area contributed by atoms with E-state index in [2.05, 4.69) is 0 Å². The van der Waals surface area contributed by atoms with Crippen molar-refractivity contribution in [3.05, 3.63) is 33.4 Å². The number of nitro groups is 1. The number of hydrogen-bond acceptors (Lipinski definition) is 4. The SMILES string of the molecule is Cc1c(N)ccc([N+](=O)[O-])c1C#N. The van der Waals surface area contributed by atoms with Crippen LogP contribution in [-0.4, -0.2) is 4.92 Å². The lowest BCUT2D eigenvalue weighted by molar-refractivity contribution is -0.385. The van der Waals surface area contributed by atoms with E-state index in [1.165, 1.54) is 12.1 Å². The Labute approximate surface area is 74.5 Å². The molecule has 5 heteroatoms. The van der Waals surface area contributed by atoms with Gasteiger partial charge in [0.25, 0.3) is 5.69 Å². The monoisotopic (exact) mass is 177 g/mol. The topological polar surface area (TPSA) is 92.9 Å². The van der Waals surface area contributed by atoms with Crippen LogP contribution in [0.2, 0.25) is 0 Å². The molecule has 0 radical (unpaired) electrons. The highest BCUT2D eigenvalue weighted by atomic mass is 16.6. The molecule has 0 atom stereocenters. The summed E-state index contributed by atoms with van der Waals surface area (Å²) < 4.78 is 0. The van der Waals surface area contributed by atoms with Crippen molar-refractivity contribution in [3.8, 4) is 6.07 Å². The summed E-state index contributed by atoms with van der Waals surface area (Å²) >= 11 is 0. The number of nitrogens with zero attached hydrogens (tertiary/aromatic N) is 2. The summed E-state index contributed by atoms with van der Waals surface area (Å²) in [6.45, 7) is 1.58. The average Bonchev–Trinajstić information content (AvgIpc) is 2.09. The lowest BCUT2D eigenvalue weighted by atomic mass is 10.1. The number of nitro benzene ring substituents is 1. The Morgan fingerprint density at radius 1 is 1.62 bits per heavy atom. The fraction of sp³-hybridized carbons (Fsp3) is 0.125. The van der Waals surface area contributed by atoms with E-state index in [4.69, 9.17) is 11.0 Å². The van der Waals surface area contributed by atoms with Crippen LogP contribution in [-0.2, 0) is 0 Å². The van der Waals surface area contributed by atoms with Crippen molar-refractivity contribution in [1.82, 2.24) is 0 Å². The molecular formula is C8H7N3O2. The van der Waals surface area contributed by atoms with Gasteiger partial charge in [0.2, 0.25) is 0 Å². The minimum absolute atomic E-state index is 0.0324. The Kier molecular flexibility index (Phi) is 2.15. The summed E-state index contributed by atoms with van der Waals surface area (Å²) in [5, 5.41) is 19.1. The predicted molar refractivity (Wildman–Crippen MR) is 47.0 cm³/mol. The molecule has 0 aromatic heterocycles. The number of nitrogens with two attached hydrogens (primary N) is 1. The number of nitriles is 1. The van der Waals surface area contributed by atoms with Gasteiger partial charge in [0.15, 0.2) is 0 Å². The first kappa shape index (κ1) is 9.00. The van der Waals surface area contributed by atoms with E-state index in [1.54, 1.807) is 13.0 Å². The molecule has 2 N–H and O–H groups in total. The number of nitrogen functional groups attached to an aromatic ring is 1. The van der Waals surface area contributed by atoms with E-state index in [1.807, 2.05) is 0 Å². The molecule has 0 bridgehead atoms. The van der Waals surface area contributed by atoms with Crippen LogP contribution in [0.3, 0.4) is 0 Å².